The van der Waals surface area contributed by atoms with E-state index in [0.717, 1.165) is 24.0 Å². The fourth-order valence-corrected chi connectivity index (χ4v) is 2.88. The Kier molecular flexibility index (Phi) is 6.55. The van der Waals surface area contributed by atoms with Crippen LogP contribution >= 0.6 is 0 Å². The lowest BCUT2D eigenvalue weighted by Gasteiger charge is -2.07. The number of carbonyl (C=O) groups is 1. The average Bonchev–Trinajstić information content (AvgIpc) is 2.74. The molecule has 3 aromatic carbocycles. The zero-order valence-corrected chi connectivity index (χ0v) is 16.4. The van der Waals surface area contributed by atoms with Crippen LogP contribution in [0, 0.1) is 6.92 Å². The lowest BCUT2D eigenvalue weighted by atomic mass is 10.1. The van der Waals surface area contributed by atoms with Crippen molar-refractivity contribution in [3.05, 3.63) is 101 Å². The van der Waals surface area contributed by atoms with E-state index in [-0.39, 0.29) is 16.9 Å². The lowest BCUT2D eigenvalue weighted by Crippen LogP contribution is -2.08. The van der Waals surface area contributed by atoms with E-state index in [1.165, 1.54) is 24.3 Å². The number of ether oxygens (including phenoxy) is 1. The van der Waals surface area contributed by atoms with Crippen molar-refractivity contribution < 1.29 is 18.3 Å². The van der Waals surface area contributed by atoms with E-state index in [9.17, 15) is 13.6 Å². The monoisotopic (exact) mass is 392 g/mol. The first-order valence-electron chi connectivity index (χ1n) is 9.52. The molecule has 0 atom stereocenters. The van der Waals surface area contributed by atoms with Crippen molar-refractivity contribution in [2.24, 2.45) is 0 Å². The maximum absolute atomic E-state index is 14.6. The summed E-state index contributed by atoms with van der Waals surface area (Å²) in [5.41, 5.74) is 2.82. The van der Waals surface area contributed by atoms with Gasteiger partial charge in [0.15, 0.2) is 11.7 Å². The van der Waals surface area contributed by atoms with Gasteiger partial charge in [0.2, 0.25) is 0 Å². The molecule has 0 aromatic heterocycles. The Morgan fingerprint density at radius 2 is 1.24 bits per heavy atom. The smallest absolute Gasteiger partial charge is 0.343 e. The van der Waals surface area contributed by atoms with Crippen LogP contribution in [0.2, 0.25) is 0 Å². The van der Waals surface area contributed by atoms with E-state index in [1.54, 1.807) is 36.4 Å². The summed E-state index contributed by atoms with van der Waals surface area (Å²) in [6, 6.07) is 19.4. The maximum atomic E-state index is 14.6. The number of rotatable bonds is 6. The van der Waals surface area contributed by atoms with Crippen LogP contribution in [-0.2, 0) is 6.42 Å². The summed E-state index contributed by atoms with van der Waals surface area (Å²) < 4.78 is 34.4. The summed E-state index contributed by atoms with van der Waals surface area (Å²) in [7, 11) is 0. The second-order valence-electron chi connectivity index (χ2n) is 6.85. The van der Waals surface area contributed by atoms with Gasteiger partial charge < -0.3 is 4.74 Å². The van der Waals surface area contributed by atoms with E-state index in [2.05, 4.69) is 6.92 Å². The number of hydrogen-bond donors (Lipinski definition) is 0. The van der Waals surface area contributed by atoms with Crippen molar-refractivity contribution >= 4 is 17.6 Å². The first-order chi connectivity index (χ1) is 14.0. The lowest BCUT2D eigenvalue weighted by molar-refractivity contribution is 0.0735. The molecule has 0 bridgehead atoms. The Morgan fingerprint density at radius 1 is 0.759 bits per heavy atom. The molecule has 0 aliphatic rings. The van der Waals surface area contributed by atoms with Gasteiger partial charge in [0.1, 0.15) is 5.75 Å². The molecular formula is C25H22F2O2. The average molecular weight is 392 g/mol. The molecule has 0 saturated carbocycles. The predicted octanol–water partition coefficient (Wildman–Crippen LogP) is 6.93. The molecular weight excluding hydrogens is 370 g/mol. The molecule has 0 aliphatic heterocycles. The van der Waals surface area contributed by atoms with Crippen molar-refractivity contribution in [2.45, 2.75) is 26.7 Å². The molecule has 0 N–H and O–H groups in total. The highest BCUT2D eigenvalue weighted by Crippen LogP contribution is 2.30. The first kappa shape index (κ1) is 20.5. The van der Waals surface area contributed by atoms with Crippen molar-refractivity contribution in [3.8, 4) is 5.75 Å². The minimum atomic E-state index is -0.954. The topological polar surface area (TPSA) is 26.3 Å². The molecule has 0 saturated heterocycles. The van der Waals surface area contributed by atoms with E-state index in [4.69, 9.17) is 4.74 Å². The molecule has 3 rings (SSSR count). The number of hydrogen-bond acceptors (Lipinski definition) is 2. The number of carbonyl (C=O) groups excluding carboxylic acids is 1. The number of aryl methyl sites for hydroxylation is 2. The van der Waals surface area contributed by atoms with E-state index < -0.39 is 17.6 Å². The third kappa shape index (κ3) is 5.17. The molecule has 0 radical (unpaired) electrons. The van der Waals surface area contributed by atoms with Crippen LogP contribution in [0.25, 0.3) is 11.7 Å². The van der Waals surface area contributed by atoms with Crippen LogP contribution in [-0.4, -0.2) is 5.97 Å². The fraction of sp³-hybridized carbons (Fsp3) is 0.160. The molecule has 2 nitrogen and oxygen atoms in total. The van der Waals surface area contributed by atoms with Crippen molar-refractivity contribution in [2.75, 3.05) is 0 Å². The number of halogens is 2. The molecule has 0 aliphatic carbocycles. The molecule has 0 heterocycles. The van der Waals surface area contributed by atoms with Gasteiger partial charge >= 0.3 is 5.97 Å². The van der Waals surface area contributed by atoms with Crippen LogP contribution in [0.15, 0.2) is 72.8 Å². The molecule has 29 heavy (non-hydrogen) atoms. The zero-order chi connectivity index (χ0) is 20.8. The van der Waals surface area contributed by atoms with Crippen LogP contribution in [0.5, 0.6) is 5.75 Å². The Morgan fingerprint density at radius 3 is 1.76 bits per heavy atom. The van der Waals surface area contributed by atoms with E-state index in [0.29, 0.717) is 5.56 Å². The minimum absolute atomic E-state index is 0.0790. The predicted molar refractivity (Wildman–Crippen MR) is 112 cm³/mol. The van der Waals surface area contributed by atoms with Gasteiger partial charge in [-0.3, -0.25) is 0 Å². The summed E-state index contributed by atoms with van der Waals surface area (Å²) in [6.07, 6.45) is 1.89. The number of esters is 1. The highest BCUT2D eigenvalue weighted by Gasteiger charge is 2.13. The SMILES string of the molecule is CCCc1ccc(/C(F)=C(\F)c2ccc(OC(=O)c3ccc(C)cc3)cc2)cc1. The molecule has 3 aromatic rings. The fourth-order valence-electron chi connectivity index (χ4n) is 2.88. The van der Waals surface area contributed by atoms with Gasteiger partial charge in [-0.1, -0.05) is 55.3 Å². The zero-order valence-electron chi connectivity index (χ0n) is 16.4. The van der Waals surface area contributed by atoms with Crippen molar-refractivity contribution in [1.29, 1.82) is 0 Å². The second-order valence-corrected chi connectivity index (χ2v) is 6.85. The second kappa shape index (κ2) is 9.28. The normalized spacial score (nSPS) is 11.7. The molecule has 0 fully saturated rings. The summed E-state index contributed by atoms with van der Waals surface area (Å²) >= 11 is 0. The van der Waals surface area contributed by atoms with E-state index >= 15 is 0 Å². The summed E-state index contributed by atoms with van der Waals surface area (Å²) in [5, 5.41) is 0. The highest BCUT2D eigenvalue weighted by atomic mass is 19.2. The summed E-state index contributed by atoms with van der Waals surface area (Å²) in [5.74, 6) is -2.12. The quantitative estimate of drug-likeness (QED) is 0.258. The Balaban J connectivity index is 1.73. The molecule has 148 valence electrons. The minimum Gasteiger partial charge on any atom is -0.423 e. The van der Waals surface area contributed by atoms with Crippen LogP contribution < -0.4 is 4.74 Å². The number of benzene rings is 3. The molecule has 0 unspecified atom stereocenters. The van der Waals surface area contributed by atoms with E-state index in [1.807, 2.05) is 19.1 Å². The van der Waals surface area contributed by atoms with Crippen LogP contribution in [0.3, 0.4) is 0 Å². The Hall–Kier alpha value is -3.27. The summed E-state index contributed by atoms with van der Waals surface area (Å²) in [6.45, 7) is 3.99. The molecule has 4 heteroatoms. The third-order valence-corrected chi connectivity index (χ3v) is 4.54. The maximum Gasteiger partial charge on any atom is 0.343 e. The van der Waals surface area contributed by atoms with Gasteiger partial charge in [-0.15, -0.1) is 0 Å². The van der Waals surface area contributed by atoms with Gasteiger partial charge in [-0.2, -0.15) is 0 Å². The van der Waals surface area contributed by atoms with Crippen molar-refractivity contribution in [1.82, 2.24) is 0 Å². The third-order valence-electron chi connectivity index (χ3n) is 4.54. The Bertz CT molecular complexity index is 1000. The molecule has 0 amide bonds. The molecule has 0 spiro atoms. The standard InChI is InChI=1S/C25H22F2O2/c1-3-4-18-7-11-19(12-8-18)23(26)24(27)20-13-15-22(16-14-20)29-25(28)21-9-5-17(2)6-10-21/h5-16H,3-4H2,1-2H3/b24-23+. The van der Waals surface area contributed by atoms with Gasteiger partial charge in [-0.25, -0.2) is 13.6 Å². The van der Waals surface area contributed by atoms with Crippen LogP contribution in [0.1, 0.15) is 46.0 Å². The Labute approximate surface area is 169 Å². The van der Waals surface area contributed by atoms with Gasteiger partial charge in [0.05, 0.1) is 5.56 Å². The van der Waals surface area contributed by atoms with Crippen molar-refractivity contribution in [3.63, 3.8) is 0 Å². The van der Waals surface area contributed by atoms with Gasteiger partial charge in [0, 0.05) is 11.1 Å². The largest absolute Gasteiger partial charge is 0.423 e. The highest BCUT2D eigenvalue weighted by molar-refractivity contribution is 5.91. The van der Waals surface area contributed by atoms with Crippen LogP contribution in [0.4, 0.5) is 8.78 Å². The van der Waals surface area contributed by atoms with Gasteiger partial charge in [-0.05, 0) is 55.3 Å². The first-order valence-corrected chi connectivity index (χ1v) is 9.52. The summed E-state index contributed by atoms with van der Waals surface area (Å²) in [4.78, 5) is 12.1. The van der Waals surface area contributed by atoms with Gasteiger partial charge in [0.25, 0.3) is 0 Å².